The molecule has 1 aromatic carbocycles. The molecule has 1 aromatic rings. The zero-order valence-corrected chi connectivity index (χ0v) is 13.1. The number of hydrogen-bond donors (Lipinski definition) is 1. The van der Waals surface area contributed by atoms with E-state index in [0.29, 0.717) is 24.4 Å². The molecule has 1 aliphatic carbocycles. The highest BCUT2D eigenvalue weighted by Crippen LogP contribution is 2.38. The van der Waals surface area contributed by atoms with Crippen molar-refractivity contribution in [2.24, 2.45) is 11.8 Å². The summed E-state index contributed by atoms with van der Waals surface area (Å²) in [6.45, 7) is 5.07. The molecule has 1 N–H and O–H groups in total. The molecule has 3 heteroatoms. The molecule has 3 nitrogen and oxygen atoms in total. The van der Waals surface area contributed by atoms with Gasteiger partial charge in [-0.05, 0) is 30.2 Å². The fourth-order valence-electron chi connectivity index (χ4n) is 4.07. The average molecular weight is 286 g/mol. The molecule has 114 valence electrons. The molecule has 0 aromatic heterocycles. The Balaban J connectivity index is 1.88. The van der Waals surface area contributed by atoms with Crippen LogP contribution in [0.25, 0.3) is 0 Å². The highest BCUT2D eigenvalue weighted by molar-refractivity contribution is 5.81. The maximum absolute atomic E-state index is 12.5. The Kier molecular flexibility index (Phi) is 4.29. The number of nitrogens with one attached hydrogen (secondary N) is 1. The van der Waals surface area contributed by atoms with Crippen molar-refractivity contribution in [1.82, 2.24) is 10.2 Å². The van der Waals surface area contributed by atoms with E-state index in [9.17, 15) is 4.79 Å². The van der Waals surface area contributed by atoms with Gasteiger partial charge in [-0.3, -0.25) is 10.1 Å². The van der Waals surface area contributed by atoms with Crippen LogP contribution in [0.2, 0.25) is 0 Å². The summed E-state index contributed by atoms with van der Waals surface area (Å²) in [5, 5.41) is 3.41. The van der Waals surface area contributed by atoms with Gasteiger partial charge >= 0.3 is 0 Å². The van der Waals surface area contributed by atoms with E-state index >= 15 is 0 Å². The van der Waals surface area contributed by atoms with Crippen LogP contribution in [0, 0.1) is 11.8 Å². The minimum absolute atomic E-state index is 0.0584. The molecule has 1 saturated heterocycles. The maximum Gasteiger partial charge on any atom is 0.238 e. The number of nitrogens with zero attached hydrogens (tertiary/aromatic N) is 1. The summed E-state index contributed by atoms with van der Waals surface area (Å²) in [6, 6.07) is 10.8. The highest BCUT2D eigenvalue weighted by atomic mass is 16.2. The van der Waals surface area contributed by atoms with E-state index in [2.05, 4.69) is 48.3 Å². The van der Waals surface area contributed by atoms with Crippen LogP contribution in [0.4, 0.5) is 0 Å². The third kappa shape index (κ3) is 2.84. The molecule has 2 fully saturated rings. The maximum atomic E-state index is 12.5. The molecule has 1 amide bonds. The van der Waals surface area contributed by atoms with Crippen molar-refractivity contribution in [3.8, 4) is 0 Å². The average Bonchev–Trinajstić information content (AvgIpc) is 2.89. The van der Waals surface area contributed by atoms with Crippen LogP contribution >= 0.6 is 0 Å². The van der Waals surface area contributed by atoms with E-state index in [4.69, 9.17) is 0 Å². The van der Waals surface area contributed by atoms with Gasteiger partial charge in [0.15, 0.2) is 0 Å². The van der Waals surface area contributed by atoms with Gasteiger partial charge in [-0.1, -0.05) is 57.0 Å². The van der Waals surface area contributed by atoms with Gasteiger partial charge in [0.1, 0.15) is 6.17 Å². The summed E-state index contributed by atoms with van der Waals surface area (Å²) in [5.74, 6) is 1.54. The van der Waals surface area contributed by atoms with Crippen molar-refractivity contribution in [2.75, 3.05) is 6.54 Å². The zero-order valence-electron chi connectivity index (χ0n) is 13.1. The number of rotatable bonds is 3. The van der Waals surface area contributed by atoms with Crippen LogP contribution in [-0.4, -0.2) is 23.4 Å². The summed E-state index contributed by atoms with van der Waals surface area (Å²) in [4.78, 5) is 14.6. The molecule has 1 saturated carbocycles. The lowest BCUT2D eigenvalue weighted by Crippen LogP contribution is -2.47. The minimum atomic E-state index is 0.0584. The molecule has 1 aliphatic heterocycles. The monoisotopic (exact) mass is 286 g/mol. The molecular weight excluding hydrogens is 260 g/mol. The van der Waals surface area contributed by atoms with Crippen LogP contribution in [0.15, 0.2) is 30.3 Å². The van der Waals surface area contributed by atoms with E-state index in [1.807, 2.05) is 6.07 Å². The number of carbonyl (C=O) groups excluding carboxylic acids is 1. The fraction of sp³-hybridized carbons (Fsp3) is 0.611. The van der Waals surface area contributed by atoms with Gasteiger partial charge in [0.05, 0.1) is 6.54 Å². The minimum Gasteiger partial charge on any atom is -0.319 e. The molecule has 0 radical (unpaired) electrons. The fourth-order valence-corrected chi connectivity index (χ4v) is 4.07. The van der Waals surface area contributed by atoms with Gasteiger partial charge < -0.3 is 4.90 Å². The van der Waals surface area contributed by atoms with Gasteiger partial charge in [0.25, 0.3) is 0 Å². The predicted molar refractivity (Wildman–Crippen MR) is 84.6 cm³/mol. The van der Waals surface area contributed by atoms with Crippen LogP contribution in [0.1, 0.15) is 51.3 Å². The van der Waals surface area contributed by atoms with E-state index in [1.165, 1.54) is 24.8 Å². The molecule has 1 heterocycles. The Bertz CT molecular complexity index is 485. The standard InChI is InChI=1S/C18H26N2O/c1-13(2)15-10-6-7-11-16(15)20-17(21)12-19-18(20)14-8-4-3-5-9-14/h3-5,8-9,13,15-16,18-19H,6-7,10-12H2,1-2H3. The second-order valence-electron chi connectivity index (χ2n) is 6.75. The van der Waals surface area contributed by atoms with Gasteiger partial charge in [0, 0.05) is 6.04 Å². The summed E-state index contributed by atoms with van der Waals surface area (Å²) < 4.78 is 0. The van der Waals surface area contributed by atoms with Gasteiger partial charge in [0.2, 0.25) is 5.91 Å². The lowest BCUT2D eigenvalue weighted by Gasteiger charge is -2.42. The number of benzene rings is 1. The van der Waals surface area contributed by atoms with Gasteiger partial charge in [-0.2, -0.15) is 0 Å². The van der Waals surface area contributed by atoms with Gasteiger partial charge in [-0.25, -0.2) is 0 Å². The Morgan fingerprint density at radius 3 is 2.57 bits per heavy atom. The number of hydrogen-bond acceptors (Lipinski definition) is 2. The Morgan fingerprint density at radius 2 is 1.86 bits per heavy atom. The highest BCUT2D eigenvalue weighted by Gasteiger charge is 2.41. The van der Waals surface area contributed by atoms with Crippen molar-refractivity contribution in [2.45, 2.75) is 51.7 Å². The first-order valence-corrected chi connectivity index (χ1v) is 8.28. The van der Waals surface area contributed by atoms with E-state index in [0.717, 1.165) is 6.42 Å². The molecular formula is C18H26N2O. The molecule has 21 heavy (non-hydrogen) atoms. The van der Waals surface area contributed by atoms with E-state index < -0.39 is 0 Å². The van der Waals surface area contributed by atoms with Crippen LogP contribution < -0.4 is 5.32 Å². The SMILES string of the molecule is CC(C)C1CCCCC1N1C(=O)CNC1c1ccccc1. The van der Waals surface area contributed by atoms with Crippen molar-refractivity contribution >= 4 is 5.91 Å². The van der Waals surface area contributed by atoms with Crippen LogP contribution in [0.3, 0.4) is 0 Å². The number of amides is 1. The van der Waals surface area contributed by atoms with E-state index in [1.54, 1.807) is 0 Å². The normalized spacial score (nSPS) is 30.1. The largest absolute Gasteiger partial charge is 0.319 e. The molecule has 3 unspecified atom stereocenters. The first-order chi connectivity index (χ1) is 10.2. The summed E-state index contributed by atoms with van der Waals surface area (Å²) in [5.41, 5.74) is 1.21. The Labute approximate surface area is 127 Å². The van der Waals surface area contributed by atoms with Gasteiger partial charge in [-0.15, -0.1) is 0 Å². The molecule has 3 rings (SSSR count). The zero-order chi connectivity index (χ0) is 14.8. The summed E-state index contributed by atoms with van der Waals surface area (Å²) >= 11 is 0. The molecule has 2 aliphatic rings. The van der Waals surface area contributed by atoms with E-state index in [-0.39, 0.29) is 12.1 Å². The topological polar surface area (TPSA) is 32.3 Å². The third-order valence-corrected chi connectivity index (χ3v) is 5.12. The summed E-state index contributed by atoms with van der Waals surface area (Å²) in [7, 11) is 0. The lowest BCUT2D eigenvalue weighted by atomic mass is 9.77. The van der Waals surface area contributed by atoms with Crippen molar-refractivity contribution in [1.29, 1.82) is 0 Å². The Morgan fingerprint density at radius 1 is 1.14 bits per heavy atom. The smallest absolute Gasteiger partial charge is 0.238 e. The van der Waals surface area contributed by atoms with Crippen molar-refractivity contribution in [3.05, 3.63) is 35.9 Å². The van der Waals surface area contributed by atoms with Crippen molar-refractivity contribution in [3.63, 3.8) is 0 Å². The first kappa shape index (κ1) is 14.6. The van der Waals surface area contributed by atoms with Crippen LogP contribution in [-0.2, 0) is 4.79 Å². The molecule has 0 bridgehead atoms. The molecule has 3 atom stereocenters. The second kappa shape index (κ2) is 6.18. The second-order valence-corrected chi connectivity index (χ2v) is 6.75. The van der Waals surface area contributed by atoms with Crippen molar-refractivity contribution < 1.29 is 4.79 Å². The predicted octanol–water partition coefficient (Wildman–Crippen LogP) is 3.33. The molecule has 0 spiro atoms. The number of carbonyl (C=O) groups is 1. The quantitative estimate of drug-likeness (QED) is 0.924. The summed E-state index contributed by atoms with van der Waals surface area (Å²) in [6.07, 6.45) is 5.03. The third-order valence-electron chi connectivity index (χ3n) is 5.12. The first-order valence-electron chi connectivity index (χ1n) is 8.28. The lowest BCUT2D eigenvalue weighted by molar-refractivity contribution is -0.133. The van der Waals surface area contributed by atoms with Crippen LogP contribution in [0.5, 0.6) is 0 Å². The Hall–Kier alpha value is -1.35.